The highest BCUT2D eigenvalue weighted by molar-refractivity contribution is 5.76. The van der Waals surface area contributed by atoms with Gasteiger partial charge in [0.2, 0.25) is 11.8 Å². The molecule has 6 heteroatoms. The van der Waals surface area contributed by atoms with Crippen LogP contribution >= 0.6 is 0 Å². The van der Waals surface area contributed by atoms with Crippen molar-refractivity contribution in [2.45, 2.75) is 44.9 Å². The Bertz CT molecular complexity index is 592. The zero-order valence-electron chi connectivity index (χ0n) is 14.9. The van der Waals surface area contributed by atoms with Crippen LogP contribution in [0.25, 0.3) is 0 Å². The first-order valence-electron chi connectivity index (χ1n) is 8.97. The van der Waals surface area contributed by atoms with Crippen molar-refractivity contribution < 1.29 is 18.7 Å². The molecule has 1 heterocycles. The van der Waals surface area contributed by atoms with Gasteiger partial charge in [-0.1, -0.05) is 12.5 Å². The van der Waals surface area contributed by atoms with E-state index in [2.05, 4.69) is 5.32 Å². The Morgan fingerprint density at radius 3 is 2.92 bits per heavy atom. The topological polar surface area (TPSA) is 58.6 Å². The first-order valence-corrected chi connectivity index (χ1v) is 8.97. The molecule has 0 atom stereocenters. The molecule has 1 saturated heterocycles. The molecule has 0 aromatic heterocycles. The molecule has 25 heavy (non-hydrogen) atoms. The van der Waals surface area contributed by atoms with Gasteiger partial charge in [0.05, 0.1) is 7.11 Å². The molecule has 0 bridgehead atoms. The van der Waals surface area contributed by atoms with Gasteiger partial charge in [-0.25, -0.2) is 4.39 Å². The second-order valence-corrected chi connectivity index (χ2v) is 6.36. The highest BCUT2D eigenvalue weighted by atomic mass is 19.1. The Morgan fingerprint density at radius 2 is 2.16 bits per heavy atom. The number of carbonyl (C=O) groups excluding carboxylic acids is 2. The molecule has 2 rings (SSSR count). The Labute approximate surface area is 148 Å². The molecule has 0 spiro atoms. The molecule has 138 valence electrons. The molecule has 0 radical (unpaired) electrons. The standard InChI is InChI=1S/C19H27FN2O3/c1-25-17-9-7-15(14-16(17)20)8-10-18(23)21-11-5-13-22-12-4-2-3-6-19(22)24/h7,9,14H,2-6,8,10-13H2,1H3,(H,21,23). The van der Waals surface area contributed by atoms with Gasteiger partial charge in [-0.15, -0.1) is 0 Å². The zero-order chi connectivity index (χ0) is 18.1. The summed E-state index contributed by atoms with van der Waals surface area (Å²) in [5.74, 6) is -0.0393. The van der Waals surface area contributed by atoms with Crippen LogP contribution in [-0.4, -0.2) is 43.5 Å². The average molecular weight is 350 g/mol. The van der Waals surface area contributed by atoms with Crippen molar-refractivity contribution >= 4 is 11.8 Å². The summed E-state index contributed by atoms with van der Waals surface area (Å²) in [6.07, 6.45) is 5.37. The van der Waals surface area contributed by atoms with E-state index in [4.69, 9.17) is 4.74 Å². The van der Waals surface area contributed by atoms with E-state index in [1.54, 1.807) is 12.1 Å². The van der Waals surface area contributed by atoms with Crippen molar-refractivity contribution in [1.82, 2.24) is 10.2 Å². The molecule has 0 aliphatic carbocycles. The number of likely N-dealkylation sites (tertiary alicyclic amines) is 1. The van der Waals surface area contributed by atoms with Gasteiger partial charge in [0, 0.05) is 32.5 Å². The lowest BCUT2D eigenvalue weighted by atomic mass is 10.1. The van der Waals surface area contributed by atoms with E-state index in [0.717, 1.165) is 37.8 Å². The molecule has 0 saturated carbocycles. The normalized spacial score (nSPS) is 15.0. The zero-order valence-corrected chi connectivity index (χ0v) is 14.9. The predicted octanol–water partition coefficient (Wildman–Crippen LogP) is 2.68. The maximum absolute atomic E-state index is 13.6. The maximum atomic E-state index is 13.6. The fraction of sp³-hybridized carbons (Fsp3) is 0.579. The largest absolute Gasteiger partial charge is 0.494 e. The number of rotatable bonds is 8. The summed E-state index contributed by atoms with van der Waals surface area (Å²) >= 11 is 0. The van der Waals surface area contributed by atoms with Crippen LogP contribution in [0.4, 0.5) is 4.39 Å². The van der Waals surface area contributed by atoms with Crippen molar-refractivity contribution in [3.63, 3.8) is 0 Å². The van der Waals surface area contributed by atoms with Crippen molar-refractivity contribution in [1.29, 1.82) is 0 Å². The van der Waals surface area contributed by atoms with Gasteiger partial charge < -0.3 is 15.0 Å². The molecule has 5 nitrogen and oxygen atoms in total. The minimum atomic E-state index is -0.414. The Hall–Kier alpha value is -2.11. The minimum Gasteiger partial charge on any atom is -0.494 e. The molecule has 1 aliphatic rings. The Morgan fingerprint density at radius 1 is 1.32 bits per heavy atom. The van der Waals surface area contributed by atoms with Crippen LogP contribution in [0.5, 0.6) is 5.75 Å². The number of halogens is 1. The van der Waals surface area contributed by atoms with Crippen LogP contribution in [0.1, 0.15) is 44.1 Å². The average Bonchev–Trinajstić information content (AvgIpc) is 2.81. The highest BCUT2D eigenvalue weighted by Gasteiger charge is 2.15. The Balaban J connectivity index is 1.63. The number of hydrogen-bond acceptors (Lipinski definition) is 3. The van der Waals surface area contributed by atoms with E-state index in [1.807, 2.05) is 4.90 Å². The van der Waals surface area contributed by atoms with E-state index in [1.165, 1.54) is 13.2 Å². The number of carbonyl (C=O) groups is 2. The number of benzene rings is 1. The second kappa shape index (κ2) is 10.0. The van der Waals surface area contributed by atoms with Crippen molar-refractivity contribution in [2.24, 2.45) is 0 Å². The van der Waals surface area contributed by atoms with Gasteiger partial charge >= 0.3 is 0 Å². The minimum absolute atomic E-state index is 0.0570. The summed E-state index contributed by atoms with van der Waals surface area (Å²) in [4.78, 5) is 25.7. The molecule has 0 unspecified atom stereocenters. The van der Waals surface area contributed by atoms with Crippen LogP contribution in [-0.2, 0) is 16.0 Å². The third-order valence-corrected chi connectivity index (χ3v) is 4.46. The highest BCUT2D eigenvalue weighted by Crippen LogP contribution is 2.18. The molecule has 1 aromatic rings. The van der Waals surface area contributed by atoms with Crippen LogP contribution in [0.15, 0.2) is 18.2 Å². The number of nitrogens with zero attached hydrogens (tertiary/aromatic N) is 1. The maximum Gasteiger partial charge on any atom is 0.222 e. The van der Waals surface area contributed by atoms with E-state index in [9.17, 15) is 14.0 Å². The van der Waals surface area contributed by atoms with E-state index >= 15 is 0 Å². The van der Waals surface area contributed by atoms with Gasteiger partial charge in [0.1, 0.15) is 0 Å². The summed E-state index contributed by atoms with van der Waals surface area (Å²) in [6, 6.07) is 4.73. The number of aryl methyl sites for hydroxylation is 1. The summed E-state index contributed by atoms with van der Waals surface area (Å²) in [7, 11) is 1.42. The van der Waals surface area contributed by atoms with Crippen molar-refractivity contribution in [2.75, 3.05) is 26.7 Å². The van der Waals surface area contributed by atoms with Crippen LogP contribution in [0.2, 0.25) is 0 Å². The van der Waals surface area contributed by atoms with Gasteiger partial charge in [-0.05, 0) is 43.4 Å². The Kier molecular flexibility index (Phi) is 7.70. The third-order valence-electron chi connectivity index (χ3n) is 4.46. The molecule has 2 amide bonds. The number of amides is 2. The second-order valence-electron chi connectivity index (χ2n) is 6.36. The SMILES string of the molecule is COc1ccc(CCC(=O)NCCCN2CCCCCC2=O)cc1F. The number of methoxy groups -OCH3 is 1. The number of hydrogen-bond donors (Lipinski definition) is 1. The lowest BCUT2D eigenvalue weighted by Gasteiger charge is -2.20. The quantitative estimate of drug-likeness (QED) is 0.734. The molecular formula is C19H27FN2O3. The van der Waals surface area contributed by atoms with Crippen LogP contribution in [0, 0.1) is 5.82 Å². The van der Waals surface area contributed by atoms with E-state index < -0.39 is 5.82 Å². The van der Waals surface area contributed by atoms with Crippen molar-refractivity contribution in [3.05, 3.63) is 29.6 Å². The van der Waals surface area contributed by atoms with Crippen molar-refractivity contribution in [3.8, 4) is 5.75 Å². The molecular weight excluding hydrogens is 323 g/mol. The summed E-state index contributed by atoms with van der Waals surface area (Å²) < 4.78 is 18.5. The number of ether oxygens (including phenoxy) is 1. The fourth-order valence-corrected chi connectivity index (χ4v) is 2.98. The fourth-order valence-electron chi connectivity index (χ4n) is 2.98. The van der Waals surface area contributed by atoms with Crippen LogP contribution < -0.4 is 10.1 Å². The summed E-state index contributed by atoms with van der Waals surface area (Å²) in [5, 5.41) is 2.86. The smallest absolute Gasteiger partial charge is 0.222 e. The molecule has 1 aliphatic heterocycles. The number of nitrogens with one attached hydrogen (secondary N) is 1. The van der Waals surface area contributed by atoms with Crippen LogP contribution in [0.3, 0.4) is 0 Å². The molecule has 1 N–H and O–H groups in total. The lowest BCUT2D eigenvalue weighted by Crippen LogP contribution is -2.34. The summed E-state index contributed by atoms with van der Waals surface area (Å²) in [6.45, 7) is 2.08. The van der Waals surface area contributed by atoms with Gasteiger partial charge in [-0.3, -0.25) is 9.59 Å². The summed E-state index contributed by atoms with van der Waals surface area (Å²) in [5.41, 5.74) is 0.767. The third kappa shape index (κ3) is 6.36. The van der Waals surface area contributed by atoms with Gasteiger partial charge in [0.15, 0.2) is 11.6 Å². The molecule has 1 aromatic carbocycles. The van der Waals surface area contributed by atoms with E-state index in [0.29, 0.717) is 32.4 Å². The predicted molar refractivity (Wildman–Crippen MR) is 93.9 cm³/mol. The lowest BCUT2D eigenvalue weighted by molar-refractivity contribution is -0.130. The van der Waals surface area contributed by atoms with Gasteiger partial charge in [0.25, 0.3) is 0 Å². The first kappa shape index (κ1) is 19.2. The first-order chi connectivity index (χ1) is 12.1. The van der Waals surface area contributed by atoms with Gasteiger partial charge in [-0.2, -0.15) is 0 Å². The monoisotopic (exact) mass is 350 g/mol. The molecule has 1 fully saturated rings. The van der Waals surface area contributed by atoms with E-state index in [-0.39, 0.29) is 17.6 Å².